The maximum Gasteiger partial charge on any atom is 0.201 e. The van der Waals surface area contributed by atoms with Gasteiger partial charge in [0, 0.05) is 5.56 Å². The van der Waals surface area contributed by atoms with Crippen molar-refractivity contribution in [3.05, 3.63) is 107 Å². The molecule has 41 heavy (non-hydrogen) atoms. The minimum atomic E-state index is -0.977. The molecule has 0 aliphatic heterocycles. The van der Waals surface area contributed by atoms with Crippen LogP contribution in [0.2, 0.25) is 0 Å². The van der Waals surface area contributed by atoms with Crippen molar-refractivity contribution in [3.8, 4) is 33.8 Å². The van der Waals surface area contributed by atoms with Crippen LogP contribution in [0.1, 0.15) is 62.6 Å². The molecule has 0 amide bonds. The van der Waals surface area contributed by atoms with Gasteiger partial charge in [-0.25, -0.2) is 8.78 Å². The highest BCUT2D eigenvalue weighted by Gasteiger charge is 2.16. The molecule has 4 rings (SSSR count). The highest BCUT2D eigenvalue weighted by atomic mass is 19.2. The molecule has 0 aromatic heterocycles. The Morgan fingerprint density at radius 2 is 0.976 bits per heavy atom. The van der Waals surface area contributed by atoms with E-state index in [4.69, 9.17) is 9.47 Å². The number of unbranched alkanes of at least 4 members (excludes halogenated alkanes) is 2. The second-order valence-electron chi connectivity index (χ2n) is 10.4. The van der Waals surface area contributed by atoms with Crippen LogP contribution in [0, 0.1) is 24.4 Å². The summed E-state index contributed by atoms with van der Waals surface area (Å²) in [4.78, 5) is 0. The first kappa shape index (κ1) is 30.2. The molecule has 0 atom stereocenters. The third-order valence-electron chi connectivity index (χ3n) is 7.31. The van der Waals surface area contributed by atoms with E-state index in [0.717, 1.165) is 43.2 Å². The van der Waals surface area contributed by atoms with E-state index in [9.17, 15) is 8.78 Å². The Bertz CT molecular complexity index is 1300. The average molecular weight is 561 g/mol. The van der Waals surface area contributed by atoms with Crippen LogP contribution in [-0.2, 0) is 12.8 Å². The lowest BCUT2D eigenvalue weighted by Gasteiger charge is -2.13. The van der Waals surface area contributed by atoms with Crippen LogP contribution in [0.5, 0.6) is 11.5 Å². The lowest BCUT2D eigenvalue weighted by atomic mass is 9.98. The van der Waals surface area contributed by atoms with E-state index in [1.54, 1.807) is 19.1 Å². The largest absolute Gasteiger partial charge is 0.491 e. The minimum absolute atomic E-state index is 0.0947. The molecule has 0 bridgehead atoms. The van der Waals surface area contributed by atoms with Gasteiger partial charge < -0.3 is 9.47 Å². The number of aryl methyl sites for hydroxylation is 2. The summed E-state index contributed by atoms with van der Waals surface area (Å²) >= 11 is 0. The molecule has 216 valence electrons. The quantitative estimate of drug-likeness (QED) is 0.143. The molecular formula is C36H39F3O2. The van der Waals surface area contributed by atoms with E-state index in [2.05, 4.69) is 26.0 Å². The first-order chi connectivity index (χ1) is 19.9. The van der Waals surface area contributed by atoms with E-state index < -0.39 is 11.6 Å². The van der Waals surface area contributed by atoms with Crippen LogP contribution in [0.25, 0.3) is 22.3 Å². The molecule has 0 radical (unpaired) electrons. The fraction of sp³-hybridized carbons (Fsp3) is 0.333. The number of hydrogen-bond donors (Lipinski definition) is 0. The molecule has 0 heterocycles. The van der Waals surface area contributed by atoms with E-state index >= 15 is 4.39 Å². The average Bonchev–Trinajstić information content (AvgIpc) is 2.98. The Morgan fingerprint density at radius 3 is 1.49 bits per heavy atom. The molecule has 0 N–H and O–H groups in total. The van der Waals surface area contributed by atoms with Gasteiger partial charge in [0.2, 0.25) is 5.82 Å². The number of rotatable bonds is 14. The van der Waals surface area contributed by atoms with Crippen LogP contribution < -0.4 is 9.47 Å². The summed E-state index contributed by atoms with van der Waals surface area (Å²) in [5.74, 6) is -2.09. The summed E-state index contributed by atoms with van der Waals surface area (Å²) in [6.45, 7) is 6.63. The molecule has 5 heteroatoms. The van der Waals surface area contributed by atoms with Gasteiger partial charge in [0.05, 0.1) is 13.2 Å². The molecule has 4 aromatic rings. The van der Waals surface area contributed by atoms with Crippen molar-refractivity contribution in [3.63, 3.8) is 0 Å². The Labute approximate surface area is 242 Å². The topological polar surface area (TPSA) is 18.5 Å². The van der Waals surface area contributed by atoms with Gasteiger partial charge in [-0.05, 0) is 90.6 Å². The third-order valence-corrected chi connectivity index (χ3v) is 7.31. The van der Waals surface area contributed by atoms with Gasteiger partial charge in [-0.15, -0.1) is 0 Å². The molecule has 4 aromatic carbocycles. The fourth-order valence-corrected chi connectivity index (χ4v) is 4.98. The summed E-state index contributed by atoms with van der Waals surface area (Å²) < 4.78 is 55.7. The lowest BCUT2D eigenvalue weighted by Crippen LogP contribution is -2.04. The normalized spacial score (nSPS) is 11.1. The first-order valence-electron chi connectivity index (χ1n) is 14.6. The molecule has 0 saturated carbocycles. The number of hydrogen-bond acceptors (Lipinski definition) is 2. The zero-order valence-corrected chi connectivity index (χ0v) is 24.2. The SMILES string of the molecule is CCCc1ccc(-c2ccc(OCCCCCOc3ccc(-c4ccc(CCC)cc4)c(F)c3F)c(F)c2C)cc1. The predicted molar refractivity (Wildman–Crippen MR) is 161 cm³/mol. The molecule has 0 aliphatic carbocycles. The summed E-state index contributed by atoms with van der Waals surface area (Å²) in [6, 6.07) is 22.4. The van der Waals surface area contributed by atoms with Crippen LogP contribution >= 0.6 is 0 Å². The van der Waals surface area contributed by atoms with Crippen molar-refractivity contribution in [2.45, 2.75) is 65.7 Å². The third kappa shape index (κ3) is 7.72. The summed E-state index contributed by atoms with van der Waals surface area (Å²) in [5.41, 5.74) is 5.71. The van der Waals surface area contributed by atoms with Crippen LogP contribution in [0.3, 0.4) is 0 Å². The number of halogens is 3. The van der Waals surface area contributed by atoms with Gasteiger partial charge >= 0.3 is 0 Å². The molecule has 0 aliphatic rings. The summed E-state index contributed by atoms with van der Waals surface area (Å²) in [6.07, 6.45) is 6.18. The molecule has 0 fully saturated rings. The Kier molecular flexibility index (Phi) is 10.9. The Morgan fingerprint density at radius 1 is 0.512 bits per heavy atom. The lowest BCUT2D eigenvalue weighted by molar-refractivity contribution is 0.264. The molecule has 0 unspecified atom stereocenters. The van der Waals surface area contributed by atoms with Crippen molar-refractivity contribution in [2.75, 3.05) is 13.2 Å². The smallest absolute Gasteiger partial charge is 0.201 e. The van der Waals surface area contributed by atoms with Crippen LogP contribution in [0.15, 0.2) is 72.8 Å². The van der Waals surface area contributed by atoms with E-state index in [-0.39, 0.29) is 29.5 Å². The van der Waals surface area contributed by atoms with E-state index in [1.807, 2.05) is 42.5 Å². The molecular weight excluding hydrogens is 521 g/mol. The second kappa shape index (κ2) is 14.8. The summed E-state index contributed by atoms with van der Waals surface area (Å²) in [7, 11) is 0. The van der Waals surface area contributed by atoms with Gasteiger partial charge in [-0.3, -0.25) is 0 Å². The maximum absolute atomic E-state index is 15.0. The van der Waals surface area contributed by atoms with Crippen molar-refractivity contribution in [1.29, 1.82) is 0 Å². The predicted octanol–water partition coefficient (Wildman–Crippen LogP) is 10.3. The minimum Gasteiger partial charge on any atom is -0.491 e. The monoisotopic (exact) mass is 560 g/mol. The molecule has 0 saturated heterocycles. The van der Waals surface area contributed by atoms with Crippen LogP contribution in [0.4, 0.5) is 13.2 Å². The van der Waals surface area contributed by atoms with E-state index in [1.165, 1.54) is 17.2 Å². The van der Waals surface area contributed by atoms with Gasteiger partial charge in [0.25, 0.3) is 0 Å². The van der Waals surface area contributed by atoms with Crippen molar-refractivity contribution in [1.82, 2.24) is 0 Å². The highest BCUT2D eigenvalue weighted by molar-refractivity contribution is 5.69. The van der Waals surface area contributed by atoms with Crippen molar-refractivity contribution in [2.24, 2.45) is 0 Å². The zero-order chi connectivity index (χ0) is 29.2. The first-order valence-corrected chi connectivity index (χ1v) is 14.6. The van der Waals surface area contributed by atoms with Gasteiger partial charge in [0.1, 0.15) is 0 Å². The van der Waals surface area contributed by atoms with E-state index in [0.29, 0.717) is 30.6 Å². The van der Waals surface area contributed by atoms with Crippen LogP contribution in [-0.4, -0.2) is 13.2 Å². The summed E-state index contributed by atoms with van der Waals surface area (Å²) in [5, 5.41) is 0. The standard InChI is InChI=1S/C36H39F3O2/c1-4-9-26-11-15-28(16-12-26)30-19-21-32(34(37)25(30)3)40-23-7-6-8-24-41-33-22-20-31(35(38)36(33)39)29-17-13-27(10-5-2)14-18-29/h11-22H,4-10,23-24H2,1-3H3. The highest BCUT2D eigenvalue weighted by Crippen LogP contribution is 2.32. The molecule has 0 spiro atoms. The zero-order valence-electron chi connectivity index (χ0n) is 24.2. The number of benzene rings is 4. The Hall–Kier alpha value is -3.73. The van der Waals surface area contributed by atoms with Gasteiger partial charge in [0.15, 0.2) is 23.1 Å². The maximum atomic E-state index is 15.0. The van der Waals surface area contributed by atoms with Gasteiger partial charge in [-0.1, -0.05) is 81.3 Å². The van der Waals surface area contributed by atoms with Crippen molar-refractivity contribution < 1.29 is 22.6 Å². The van der Waals surface area contributed by atoms with Gasteiger partial charge in [-0.2, -0.15) is 4.39 Å². The Balaban J connectivity index is 1.22. The molecule has 2 nitrogen and oxygen atoms in total. The second-order valence-corrected chi connectivity index (χ2v) is 10.4. The van der Waals surface area contributed by atoms with Crippen molar-refractivity contribution >= 4 is 0 Å². The fourth-order valence-electron chi connectivity index (χ4n) is 4.98. The number of ether oxygens (including phenoxy) is 2.